The minimum atomic E-state index is -0.0198. The third-order valence-electron chi connectivity index (χ3n) is 9.30. The Morgan fingerprint density at radius 3 is 1.76 bits per heavy atom. The molecule has 0 saturated carbocycles. The second kappa shape index (κ2) is 38.1. The average molecular weight is 846 g/mol. The van der Waals surface area contributed by atoms with Gasteiger partial charge >= 0.3 is 0 Å². The Hall–Kier alpha value is -5.58. The third kappa shape index (κ3) is 24.6. The average Bonchev–Trinajstić information content (AvgIpc) is 3.87. The monoisotopic (exact) mass is 846 g/mol. The molecule has 0 aliphatic heterocycles. The molecule has 4 aromatic rings. The zero-order valence-electron chi connectivity index (χ0n) is 41.4. The van der Waals surface area contributed by atoms with Crippen molar-refractivity contribution in [2.45, 2.75) is 108 Å². The van der Waals surface area contributed by atoms with E-state index in [2.05, 4.69) is 190 Å². The maximum Gasteiger partial charge on any atom is 0.0852 e. The molecule has 2 unspecified atom stereocenters. The van der Waals surface area contributed by atoms with Gasteiger partial charge in [0.05, 0.1) is 12.2 Å². The summed E-state index contributed by atoms with van der Waals surface area (Å²) in [6.07, 6.45) is 29.2. The molecule has 0 saturated heterocycles. The van der Waals surface area contributed by atoms with E-state index in [1.807, 2.05) is 105 Å². The highest BCUT2D eigenvalue weighted by Gasteiger charge is 2.23. The van der Waals surface area contributed by atoms with E-state index in [-0.39, 0.29) is 12.2 Å². The molecule has 63 heavy (non-hydrogen) atoms. The van der Waals surface area contributed by atoms with E-state index < -0.39 is 0 Å². The molecule has 0 bridgehead atoms. The fourth-order valence-electron chi connectivity index (χ4n) is 6.21. The van der Waals surface area contributed by atoms with Gasteiger partial charge in [0, 0.05) is 6.67 Å². The topological polar surface area (TPSA) is 36.1 Å². The molecule has 3 heteroatoms. The van der Waals surface area contributed by atoms with Crippen molar-refractivity contribution < 1.29 is 0 Å². The van der Waals surface area contributed by atoms with Crippen LogP contribution in [0.2, 0.25) is 0 Å². The summed E-state index contributed by atoms with van der Waals surface area (Å²) in [6.45, 7) is 28.8. The second-order valence-corrected chi connectivity index (χ2v) is 14.2. The molecule has 0 aromatic heterocycles. The number of hydrogen-bond acceptors (Lipinski definition) is 3. The first kappa shape index (κ1) is 57.4. The number of rotatable bonds is 15. The van der Waals surface area contributed by atoms with E-state index in [9.17, 15) is 0 Å². The summed E-state index contributed by atoms with van der Waals surface area (Å²) in [6, 6.07) is 38.7. The molecular formula is C60H83N3. The zero-order valence-corrected chi connectivity index (χ0v) is 41.4. The molecule has 2 atom stereocenters. The van der Waals surface area contributed by atoms with Gasteiger partial charge < -0.3 is 5.32 Å². The quantitative estimate of drug-likeness (QED) is 0.0824. The summed E-state index contributed by atoms with van der Waals surface area (Å²) in [5.74, 6) is 0. The summed E-state index contributed by atoms with van der Waals surface area (Å²) in [7, 11) is 1.97. The van der Waals surface area contributed by atoms with Crippen LogP contribution in [0.1, 0.15) is 123 Å². The summed E-state index contributed by atoms with van der Waals surface area (Å²) in [4.78, 5) is 0. The van der Waals surface area contributed by atoms with Gasteiger partial charge in [-0.3, -0.25) is 10.6 Å². The minimum absolute atomic E-state index is 0.0198. The molecule has 1 aliphatic carbocycles. The van der Waals surface area contributed by atoms with Gasteiger partial charge in [-0.15, -0.1) is 0 Å². The lowest BCUT2D eigenvalue weighted by Gasteiger charge is -2.29. The van der Waals surface area contributed by atoms with Gasteiger partial charge in [-0.2, -0.15) is 0 Å². The lowest BCUT2D eigenvalue weighted by Crippen LogP contribution is -2.40. The minimum Gasteiger partial charge on any atom is -0.308 e. The van der Waals surface area contributed by atoms with Crippen LogP contribution >= 0.6 is 0 Å². The predicted octanol–water partition coefficient (Wildman–Crippen LogP) is 17.0. The van der Waals surface area contributed by atoms with Gasteiger partial charge in [0.1, 0.15) is 0 Å². The Bertz CT molecular complexity index is 2000. The molecule has 3 N–H and O–H groups in total. The molecule has 338 valence electrons. The number of aryl methyl sites for hydroxylation is 1. The van der Waals surface area contributed by atoms with Crippen LogP contribution in [0.3, 0.4) is 0 Å². The molecule has 0 amide bonds. The maximum atomic E-state index is 3.96. The molecule has 0 heterocycles. The lowest BCUT2D eigenvalue weighted by atomic mass is 9.93. The van der Waals surface area contributed by atoms with E-state index in [4.69, 9.17) is 0 Å². The van der Waals surface area contributed by atoms with Crippen molar-refractivity contribution in [3.05, 3.63) is 234 Å². The Labute approximate surface area is 386 Å². The van der Waals surface area contributed by atoms with Gasteiger partial charge in [-0.25, -0.2) is 0 Å². The fraction of sp³-hybridized carbons (Fsp3) is 0.300. The fourth-order valence-corrected chi connectivity index (χ4v) is 6.21. The first-order chi connectivity index (χ1) is 30.7. The zero-order chi connectivity index (χ0) is 47.1. The van der Waals surface area contributed by atoms with Crippen molar-refractivity contribution in [3.8, 4) is 11.1 Å². The highest BCUT2D eigenvalue weighted by atomic mass is 15.2. The van der Waals surface area contributed by atoms with E-state index in [1.165, 1.54) is 55.7 Å². The van der Waals surface area contributed by atoms with Crippen LogP contribution in [0.25, 0.3) is 16.7 Å². The van der Waals surface area contributed by atoms with Crippen molar-refractivity contribution in [1.82, 2.24) is 16.0 Å². The summed E-state index contributed by atoms with van der Waals surface area (Å²) >= 11 is 0. The normalized spacial score (nSPS) is 13.2. The van der Waals surface area contributed by atoms with Gasteiger partial charge in [0.2, 0.25) is 0 Å². The third-order valence-corrected chi connectivity index (χ3v) is 9.30. The number of allylic oxidation sites excluding steroid dienone is 16. The largest absolute Gasteiger partial charge is 0.308 e. The first-order valence-electron chi connectivity index (χ1n) is 23.0. The Kier molecular flexibility index (Phi) is 34.7. The first-order valence-corrected chi connectivity index (χ1v) is 23.0. The van der Waals surface area contributed by atoms with Crippen molar-refractivity contribution in [2.75, 3.05) is 13.7 Å². The Balaban J connectivity index is 0.00000120. The number of benzene rings is 4. The van der Waals surface area contributed by atoms with Gasteiger partial charge in [-0.05, 0) is 113 Å². The molecule has 3 nitrogen and oxygen atoms in total. The molecule has 5 rings (SSSR count). The molecule has 1 aliphatic rings. The van der Waals surface area contributed by atoms with Crippen LogP contribution in [-0.4, -0.2) is 13.7 Å². The van der Waals surface area contributed by atoms with Crippen LogP contribution < -0.4 is 16.0 Å². The van der Waals surface area contributed by atoms with Gasteiger partial charge in [0.15, 0.2) is 0 Å². The van der Waals surface area contributed by atoms with Crippen LogP contribution in [0.15, 0.2) is 211 Å². The van der Waals surface area contributed by atoms with E-state index >= 15 is 0 Å². The standard InChI is InChI=1S/C34H39N3.C8H12.C7H8.C7H12.2C2H6/c1-4-12-26(13-5-2)31-18-11-19-32(24-31)33(29-16-9-10-17-29)37-34(36-25-35-3)30-22-20-28(21-23-30)27-14-7-6-8-15-27;1-4-6-8(3)7-5-2;1-7-5-3-2-4-6-7;1-4-6-7(3)5-2;2*1-2/h4,6-16,18-24,33-37H,5,17,25H2,1-3H3;4-7H,1H2,2-3H3;2-6H,1H3;4-6H,1-3H3;2*1-2H3/b12-4-,26-13+;7-5-,8-6-;;6-4-,7-5-;;. The Morgan fingerprint density at radius 1 is 0.698 bits per heavy atom. The molecule has 0 radical (unpaired) electrons. The van der Waals surface area contributed by atoms with E-state index in [1.54, 1.807) is 6.08 Å². The summed E-state index contributed by atoms with van der Waals surface area (Å²) in [5.41, 5.74) is 12.7. The number of nitrogens with one attached hydrogen (secondary N) is 3. The van der Waals surface area contributed by atoms with E-state index in [0.29, 0.717) is 6.67 Å². The molecule has 4 aromatic carbocycles. The molecule has 0 fully saturated rings. The predicted molar refractivity (Wildman–Crippen MR) is 286 cm³/mol. The second-order valence-electron chi connectivity index (χ2n) is 14.2. The van der Waals surface area contributed by atoms with Crippen LogP contribution in [0.5, 0.6) is 0 Å². The van der Waals surface area contributed by atoms with Crippen molar-refractivity contribution >= 4 is 5.57 Å². The highest BCUT2D eigenvalue weighted by Crippen LogP contribution is 2.32. The van der Waals surface area contributed by atoms with Crippen molar-refractivity contribution in [3.63, 3.8) is 0 Å². The molecule has 0 spiro atoms. The van der Waals surface area contributed by atoms with Crippen LogP contribution in [0, 0.1) is 6.92 Å². The molecular weight excluding hydrogens is 763 g/mol. The smallest absolute Gasteiger partial charge is 0.0852 e. The van der Waals surface area contributed by atoms with Crippen molar-refractivity contribution in [2.24, 2.45) is 0 Å². The summed E-state index contributed by atoms with van der Waals surface area (Å²) in [5, 5.41) is 10.9. The number of hydrogen-bond donors (Lipinski definition) is 3. The van der Waals surface area contributed by atoms with Gasteiger partial charge in [-0.1, -0.05) is 240 Å². The lowest BCUT2D eigenvalue weighted by molar-refractivity contribution is 0.395. The van der Waals surface area contributed by atoms with Crippen molar-refractivity contribution in [1.29, 1.82) is 0 Å². The van der Waals surface area contributed by atoms with Gasteiger partial charge in [0.25, 0.3) is 0 Å². The van der Waals surface area contributed by atoms with Crippen LogP contribution in [0.4, 0.5) is 0 Å². The van der Waals surface area contributed by atoms with E-state index in [0.717, 1.165) is 12.8 Å². The highest BCUT2D eigenvalue weighted by molar-refractivity contribution is 5.74. The summed E-state index contributed by atoms with van der Waals surface area (Å²) < 4.78 is 0. The Morgan fingerprint density at radius 2 is 1.29 bits per heavy atom. The van der Waals surface area contributed by atoms with Crippen LogP contribution in [-0.2, 0) is 0 Å². The SMILES string of the molecule is C/C=C\C(=C/CC)c1cccc(C(NC(NCNC)c2ccc(-c3ccccc3)cc2)C2=CC=CC2)c1.C/C=C\C(C)=C/C.C=C/C=C(C)\C=C/C.CC.CC.Cc1ccccc1. The maximum absolute atomic E-state index is 3.96.